The Morgan fingerprint density at radius 1 is 1.00 bits per heavy atom. The minimum absolute atomic E-state index is 0. The second-order valence-electron chi connectivity index (χ2n) is 6.97. The van der Waals surface area contributed by atoms with Gasteiger partial charge >= 0.3 is 5.97 Å². The van der Waals surface area contributed by atoms with Gasteiger partial charge in [0.05, 0.1) is 5.56 Å². The molecule has 3 rings (SSSR count). The van der Waals surface area contributed by atoms with E-state index in [4.69, 9.17) is 4.74 Å². The van der Waals surface area contributed by atoms with Crippen LogP contribution in [0.3, 0.4) is 0 Å². The van der Waals surface area contributed by atoms with E-state index in [1.807, 2.05) is 13.0 Å². The van der Waals surface area contributed by atoms with Crippen LogP contribution in [0.2, 0.25) is 0 Å². The van der Waals surface area contributed by atoms with E-state index < -0.39 is 35.0 Å². The quantitative estimate of drug-likeness (QED) is 0.175. The zero-order valence-electron chi connectivity index (χ0n) is 15.4. The zero-order valence-corrected chi connectivity index (χ0v) is 15.4. The number of rotatable bonds is 4. The molecule has 0 aliphatic heterocycles. The Hall–Kier alpha value is -2.63. The number of ether oxygens (including phenoxy) is 1. The number of carbonyl (C=O) groups excluding carboxylic acids is 1. The van der Waals surface area contributed by atoms with Crippen molar-refractivity contribution in [2.24, 2.45) is 5.92 Å². The lowest BCUT2D eigenvalue weighted by molar-refractivity contribution is 0.0728. The molecule has 2 aromatic carbocycles. The van der Waals surface area contributed by atoms with Gasteiger partial charge in [0.1, 0.15) is 11.6 Å². The lowest BCUT2D eigenvalue weighted by atomic mass is 9.78. The summed E-state index contributed by atoms with van der Waals surface area (Å²) in [5.74, 6) is -6.28. The molecule has 158 valence electrons. The third-order valence-electron chi connectivity index (χ3n) is 5.09. The first-order chi connectivity index (χ1) is 13.4. The molecular weight excluding hydrogens is 384 g/mol. The molecule has 2 aromatic rings. The number of hydrogen-bond acceptors (Lipinski definition) is 2. The van der Waals surface area contributed by atoms with Crippen LogP contribution in [0, 0.1) is 29.2 Å². The van der Waals surface area contributed by atoms with Crippen LogP contribution in [-0.4, -0.2) is 5.97 Å². The Balaban J connectivity index is 0.00000225. The van der Waals surface area contributed by atoms with Gasteiger partial charge in [-0.1, -0.05) is 25.6 Å². The lowest BCUT2D eigenvalue weighted by Crippen LogP contribution is -2.14. The van der Waals surface area contributed by atoms with Gasteiger partial charge in [-0.3, -0.25) is 0 Å². The molecule has 0 atom stereocenters. The van der Waals surface area contributed by atoms with E-state index in [1.54, 1.807) is 6.07 Å². The van der Waals surface area contributed by atoms with Gasteiger partial charge in [0, 0.05) is 13.6 Å². The van der Waals surface area contributed by atoms with Crippen LogP contribution in [0.4, 0.5) is 17.6 Å². The van der Waals surface area contributed by atoms with E-state index in [9.17, 15) is 22.4 Å². The van der Waals surface area contributed by atoms with Gasteiger partial charge in [-0.25, -0.2) is 22.4 Å². The van der Waals surface area contributed by atoms with E-state index >= 15 is 0 Å². The van der Waals surface area contributed by atoms with Crippen LogP contribution in [0.25, 0.3) is 0 Å². The van der Waals surface area contributed by atoms with Crippen molar-refractivity contribution in [3.63, 3.8) is 0 Å². The van der Waals surface area contributed by atoms with Crippen molar-refractivity contribution in [3.8, 4) is 5.75 Å². The molecule has 1 aliphatic rings. The highest BCUT2D eigenvalue weighted by Crippen LogP contribution is 2.36. The normalized spacial score (nSPS) is 19.1. The highest BCUT2D eigenvalue weighted by molar-refractivity contribution is 5.91. The second kappa shape index (κ2) is 9.72. The molecule has 0 unspecified atom stereocenters. The Bertz CT molecular complexity index is 883. The van der Waals surface area contributed by atoms with Gasteiger partial charge in [-0.2, -0.15) is 0 Å². The Morgan fingerprint density at radius 3 is 2.17 bits per heavy atom. The maximum absolute atomic E-state index is 14.5. The number of benzene rings is 2. The molecule has 6 heteroatoms. The number of halogens is 4. The molecule has 2 nitrogen and oxygen atoms in total. The summed E-state index contributed by atoms with van der Waals surface area (Å²) in [6.45, 7) is 1.99. The topological polar surface area (TPSA) is 26.3 Å². The number of hydrogen-bond donors (Lipinski definition) is 0. The fraction of sp³-hybridized carbons (Fsp3) is 0.348. The van der Waals surface area contributed by atoms with Crippen LogP contribution in [0.1, 0.15) is 63.3 Å². The van der Waals surface area contributed by atoms with Crippen molar-refractivity contribution < 1.29 is 28.5 Å². The van der Waals surface area contributed by atoms with Crippen LogP contribution < -0.4 is 4.74 Å². The fourth-order valence-electron chi connectivity index (χ4n) is 3.62. The Labute approximate surface area is 169 Å². The van der Waals surface area contributed by atoms with Crippen LogP contribution in [0.15, 0.2) is 42.5 Å². The van der Waals surface area contributed by atoms with Gasteiger partial charge in [0.2, 0.25) is 0 Å². The van der Waals surface area contributed by atoms with Crippen molar-refractivity contribution >= 4 is 5.97 Å². The van der Waals surface area contributed by atoms with Gasteiger partial charge in [0.25, 0.3) is 0 Å². The Morgan fingerprint density at radius 2 is 1.62 bits per heavy atom. The molecular formula is C23H26F4O2. The molecule has 1 saturated carbocycles. The van der Waals surface area contributed by atoms with Crippen molar-refractivity contribution in [2.45, 2.75) is 46.0 Å². The summed E-state index contributed by atoms with van der Waals surface area (Å²) in [4.78, 5) is 12.1. The van der Waals surface area contributed by atoms with E-state index in [-0.39, 0.29) is 20.3 Å². The molecule has 1 fully saturated rings. The molecule has 0 bridgehead atoms. The van der Waals surface area contributed by atoms with E-state index in [0.717, 1.165) is 31.2 Å². The first-order valence-corrected chi connectivity index (χ1v) is 9.18. The summed E-state index contributed by atoms with van der Waals surface area (Å²) in [5, 5.41) is 0. The Kier molecular flexibility index (Phi) is 7.59. The van der Waals surface area contributed by atoms with Crippen LogP contribution in [-0.2, 0) is 0 Å². The summed E-state index contributed by atoms with van der Waals surface area (Å²) in [6, 6.07) is 5.36. The predicted molar refractivity (Wildman–Crippen MR) is 106 cm³/mol. The smallest absolute Gasteiger partial charge is 0.346 e. The van der Waals surface area contributed by atoms with Crippen molar-refractivity contribution in [1.29, 1.82) is 0 Å². The maximum Gasteiger partial charge on any atom is 0.346 e. The highest BCUT2D eigenvalue weighted by atomic mass is 19.2. The minimum atomic E-state index is -1.67. The first-order valence-electron chi connectivity index (χ1n) is 9.18. The standard InChI is InChI=1S/C22H20F4O2.CH4.H2/c1-2-3-13-4-6-14(7-5-13)15-8-9-17(18(23)10-15)22(27)28-16-11-19(24)21(26)20(25)12-16;;/h2-3,8-14H,4-7H2,1H3;1H4;1H/b3-2+;;. The molecule has 29 heavy (non-hydrogen) atoms. The van der Waals surface area contributed by atoms with Gasteiger partial charge in [0.15, 0.2) is 17.5 Å². The average Bonchev–Trinajstić information content (AvgIpc) is 2.66. The summed E-state index contributed by atoms with van der Waals surface area (Å²) in [5.41, 5.74) is 0.461. The summed E-state index contributed by atoms with van der Waals surface area (Å²) >= 11 is 0. The second-order valence-corrected chi connectivity index (χ2v) is 6.97. The SMILES string of the molecule is C.C/C=C/C1CCC(c2ccc(C(=O)Oc3cc(F)c(F)c(F)c3)c(F)c2)CC1.[HH]. The molecule has 0 saturated heterocycles. The number of allylic oxidation sites excluding steroid dienone is 2. The summed E-state index contributed by atoms with van der Waals surface area (Å²) in [7, 11) is 0. The first kappa shape index (κ1) is 22.7. The molecule has 0 amide bonds. The van der Waals surface area contributed by atoms with Crippen LogP contribution in [0.5, 0.6) is 5.75 Å². The van der Waals surface area contributed by atoms with E-state index in [1.165, 1.54) is 12.1 Å². The molecule has 0 aromatic heterocycles. The average molecular weight is 410 g/mol. The number of esters is 1. The molecule has 1 aliphatic carbocycles. The van der Waals surface area contributed by atoms with Crippen LogP contribution >= 0.6 is 0 Å². The molecule has 0 heterocycles. The monoisotopic (exact) mass is 410 g/mol. The number of carbonyl (C=O) groups is 1. The van der Waals surface area contributed by atoms with Gasteiger partial charge in [-0.15, -0.1) is 0 Å². The summed E-state index contributed by atoms with van der Waals surface area (Å²) < 4.78 is 58.7. The summed E-state index contributed by atoms with van der Waals surface area (Å²) in [6.07, 6.45) is 8.17. The fourth-order valence-corrected chi connectivity index (χ4v) is 3.62. The van der Waals surface area contributed by atoms with E-state index in [0.29, 0.717) is 18.1 Å². The maximum atomic E-state index is 14.5. The minimum Gasteiger partial charge on any atom is -0.423 e. The lowest BCUT2D eigenvalue weighted by Gasteiger charge is -2.27. The van der Waals surface area contributed by atoms with Crippen molar-refractivity contribution in [3.05, 3.63) is 76.9 Å². The third kappa shape index (κ3) is 5.25. The van der Waals surface area contributed by atoms with Crippen molar-refractivity contribution in [1.82, 2.24) is 0 Å². The zero-order chi connectivity index (χ0) is 20.3. The highest BCUT2D eigenvalue weighted by Gasteiger charge is 2.23. The van der Waals surface area contributed by atoms with E-state index in [2.05, 4.69) is 6.08 Å². The molecule has 0 radical (unpaired) electrons. The molecule has 0 spiro atoms. The van der Waals surface area contributed by atoms with Gasteiger partial charge in [-0.05, 0) is 62.1 Å². The van der Waals surface area contributed by atoms with Gasteiger partial charge < -0.3 is 4.74 Å². The predicted octanol–water partition coefficient (Wildman–Crippen LogP) is 7.19. The largest absolute Gasteiger partial charge is 0.423 e. The van der Waals surface area contributed by atoms with Crippen molar-refractivity contribution in [2.75, 3.05) is 0 Å². The molecule has 0 N–H and O–H groups in total. The third-order valence-corrected chi connectivity index (χ3v) is 5.09.